The standard InChI is InChI=1S/C7H4Cl2FNO3S/c8-6-4(7(11)12)1-3(2-5(6)10)15(9,13)14/h1-2H,(H2,11,12). The van der Waals surface area contributed by atoms with Crippen molar-refractivity contribution in [3.8, 4) is 0 Å². The van der Waals surface area contributed by atoms with Gasteiger partial charge in [0.1, 0.15) is 5.82 Å². The number of rotatable bonds is 2. The maximum Gasteiger partial charge on any atom is 0.261 e. The fraction of sp³-hybridized carbons (Fsp3) is 0. The van der Waals surface area contributed by atoms with E-state index in [4.69, 9.17) is 28.0 Å². The van der Waals surface area contributed by atoms with Gasteiger partial charge in [0.2, 0.25) is 5.91 Å². The Kier molecular flexibility index (Phi) is 3.22. The van der Waals surface area contributed by atoms with Gasteiger partial charge >= 0.3 is 0 Å². The van der Waals surface area contributed by atoms with Gasteiger partial charge < -0.3 is 5.73 Å². The quantitative estimate of drug-likeness (QED) is 0.829. The fourth-order valence-electron chi connectivity index (χ4n) is 0.884. The normalized spacial score (nSPS) is 11.4. The van der Waals surface area contributed by atoms with Crippen LogP contribution < -0.4 is 5.73 Å². The molecule has 8 heteroatoms. The number of nitrogens with two attached hydrogens (primary N) is 1. The van der Waals surface area contributed by atoms with Gasteiger partial charge in [0.15, 0.2) is 0 Å². The number of carbonyl (C=O) groups is 1. The Labute approximate surface area is 94.2 Å². The van der Waals surface area contributed by atoms with Crippen LogP contribution in [-0.4, -0.2) is 14.3 Å². The van der Waals surface area contributed by atoms with Crippen LogP contribution in [0.3, 0.4) is 0 Å². The molecule has 0 atom stereocenters. The number of hydrogen-bond acceptors (Lipinski definition) is 3. The zero-order valence-electron chi connectivity index (χ0n) is 7.00. The van der Waals surface area contributed by atoms with Crippen LogP contribution >= 0.6 is 22.3 Å². The van der Waals surface area contributed by atoms with Crippen molar-refractivity contribution in [3.63, 3.8) is 0 Å². The van der Waals surface area contributed by atoms with Crippen LogP contribution in [0, 0.1) is 5.82 Å². The first-order chi connectivity index (χ1) is 6.73. The van der Waals surface area contributed by atoms with Crippen LogP contribution in [0.4, 0.5) is 4.39 Å². The molecular formula is C7H4Cl2FNO3S. The van der Waals surface area contributed by atoms with E-state index in [2.05, 4.69) is 0 Å². The van der Waals surface area contributed by atoms with Gasteiger partial charge in [0.05, 0.1) is 15.5 Å². The van der Waals surface area contributed by atoms with Gasteiger partial charge in [-0.3, -0.25) is 4.79 Å². The molecule has 15 heavy (non-hydrogen) atoms. The van der Waals surface area contributed by atoms with E-state index in [0.29, 0.717) is 6.07 Å². The van der Waals surface area contributed by atoms with Gasteiger partial charge in [-0.15, -0.1) is 0 Å². The van der Waals surface area contributed by atoms with Crippen LogP contribution in [0.5, 0.6) is 0 Å². The van der Waals surface area contributed by atoms with Crippen LogP contribution in [0.1, 0.15) is 10.4 Å². The molecule has 2 N–H and O–H groups in total. The van der Waals surface area contributed by atoms with E-state index in [-0.39, 0.29) is 0 Å². The summed E-state index contributed by atoms with van der Waals surface area (Å²) in [5, 5.41) is -0.536. The molecule has 1 aromatic rings. The molecule has 0 aliphatic heterocycles. The molecule has 0 fully saturated rings. The molecule has 0 heterocycles. The van der Waals surface area contributed by atoms with Crippen molar-refractivity contribution >= 4 is 37.2 Å². The second-order valence-corrected chi connectivity index (χ2v) is 5.51. The van der Waals surface area contributed by atoms with Crippen molar-refractivity contribution in [2.45, 2.75) is 4.90 Å². The van der Waals surface area contributed by atoms with E-state index in [1.165, 1.54) is 0 Å². The van der Waals surface area contributed by atoms with Crippen LogP contribution in [0.15, 0.2) is 17.0 Å². The first-order valence-corrected chi connectivity index (χ1v) is 6.15. The van der Waals surface area contributed by atoms with Crippen LogP contribution in [-0.2, 0) is 9.05 Å². The summed E-state index contributed by atoms with van der Waals surface area (Å²) in [5.74, 6) is -2.12. The largest absolute Gasteiger partial charge is 0.366 e. The number of amides is 1. The third-order valence-electron chi connectivity index (χ3n) is 1.55. The minimum atomic E-state index is -4.13. The second-order valence-electron chi connectivity index (χ2n) is 2.57. The Morgan fingerprint density at radius 1 is 1.40 bits per heavy atom. The summed E-state index contributed by atoms with van der Waals surface area (Å²) in [6.07, 6.45) is 0. The van der Waals surface area contributed by atoms with Crippen LogP contribution in [0.2, 0.25) is 5.02 Å². The van der Waals surface area contributed by atoms with E-state index < -0.39 is 36.3 Å². The molecule has 1 amide bonds. The third-order valence-corrected chi connectivity index (χ3v) is 3.27. The summed E-state index contributed by atoms with van der Waals surface area (Å²) >= 11 is 5.40. The Hall–Kier alpha value is -0.850. The lowest BCUT2D eigenvalue weighted by Gasteiger charge is -2.03. The van der Waals surface area contributed by atoms with Gasteiger partial charge in [-0.25, -0.2) is 12.8 Å². The van der Waals surface area contributed by atoms with Crippen molar-refractivity contribution in [2.75, 3.05) is 0 Å². The van der Waals surface area contributed by atoms with Gasteiger partial charge in [-0.05, 0) is 12.1 Å². The van der Waals surface area contributed by atoms with Gasteiger partial charge in [-0.1, -0.05) is 11.6 Å². The summed E-state index contributed by atoms with van der Waals surface area (Å²) in [6.45, 7) is 0. The summed E-state index contributed by atoms with van der Waals surface area (Å²) in [7, 11) is 0.838. The number of hydrogen-bond donors (Lipinski definition) is 1. The zero-order valence-corrected chi connectivity index (χ0v) is 9.33. The van der Waals surface area contributed by atoms with Gasteiger partial charge in [-0.2, -0.15) is 0 Å². The fourth-order valence-corrected chi connectivity index (χ4v) is 1.86. The Bertz CT molecular complexity index is 529. The second kappa shape index (κ2) is 3.96. The Morgan fingerprint density at radius 3 is 2.33 bits per heavy atom. The van der Waals surface area contributed by atoms with E-state index in [0.717, 1.165) is 6.07 Å². The van der Waals surface area contributed by atoms with E-state index >= 15 is 0 Å². The summed E-state index contributed by atoms with van der Waals surface area (Å²) in [4.78, 5) is 10.2. The van der Waals surface area contributed by atoms with Gasteiger partial charge in [0, 0.05) is 10.7 Å². The summed E-state index contributed by atoms with van der Waals surface area (Å²) < 4.78 is 34.8. The molecule has 0 bridgehead atoms. The van der Waals surface area contributed by atoms with Crippen molar-refractivity contribution < 1.29 is 17.6 Å². The predicted molar refractivity (Wildman–Crippen MR) is 53.0 cm³/mol. The minimum Gasteiger partial charge on any atom is -0.366 e. The molecule has 1 rings (SSSR count). The molecule has 4 nitrogen and oxygen atoms in total. The van der Waals surface area contributed by atoms with Crippen LogP contribution in [0.25, 0.3) is 0 Å². The highest BCUT2D eigenvalue weighted by Crippen LogP contribution is 2.25. The molecule has 0 saturated carbocycles. The Balaban J connectivity index is 3.57. The molecule has 0 unspecified atom stereocenters. The highest BCUT2D eigenvalue weighted by Gasteiger charge is 2.19. The summed E-state index contributed by atoms with van der Waals surface area (Å²) in [6, 6.07) is 1.42. The molecule has 1 aromatic carbocycles. The molecule has 0 saturated heterocycles. The molecular weight excluding hydrogens is 268 g/mol. The minimum absolute atomic E-state index is 0.434. The number of primary amides is 1. The van der Waals surface area contributed by atoms with Crippen molar-refractivity contribution in [2.24, 2.45) is 5.73 Å². The smallest absolute Gasteiger partial charge is 0.261 e. The average Bonchev–Trinajstić information content (AvgIpc) is 2.06. The van der Waals surface area contributed by atoms with E-state index in [1.807, 2.05) is 0 Å². The first-order valence-electron chi connectivity index (χ1n) is 3.47. The SMILES string of the molecule is NC(=O)c1cc(S(=O)(=O)Cl)cc(F)c1Cl. The number of benzene rings is 1. The van der Waals surface area contributed by atoms with Crippen molar-refractivity contribution in [3.05, 3.63) is 28.5 Å². The lowest BCUT2D eigenvalue weighted by molar-refractivity contribution is 0.1000. The highest BCUT2D eigenvalue weighted by atomic mass is 35.7. The molecule has 0 aromatic heterocycles. The van der Waals surface area contributed by atoms with Crippen molar-refractivity contribution in [1.29, 1.82) is 0 Å². The molecule has 0 radical (unpaired) electrons. The van der Waals surface area contributed by atoms with E-state index in [1.54, 1.807) is 0 Å². The van der Waals surface area contributed by atoms with Gasteiger partial charge in [0.25, 0.3) is 9.05 Å². The van der Waals surface area contributed by atoms with Crippen molar-refractivity contribution in [1.82, 2.24) is 0 Å². The highest BCUT2D eigenvalue weighted by molar-refractivity contribution is 8.13. The third kappa shape index (κ3) is 2.58. The zero-order chi connectivity index (χ0) is 11.8. The molecule has 82 valence electrons. The lowest BCUT2D eigenvalue weighted by Crippen LogP contribution is -2.13. The van der Waals surface area contributed by atoms with E-state index in [9.17, 15) is 17.6 Å². The predicted octanol–water partition coefficient (Wildman–Crippen LogP) is 1.51. The summed E-state index contributed by atoms with van der Waals surface area (Å²) in [5.41, 5.74) is 4.43. The molecule has 0 aliphatic carbocycles. The topological polar surface area (TPSA) is 77.2 Å². The lowest BCUT2D eigenvalue weighted by atomic mass is 10.2. The molecule has 0 spiro atoms. The number of halogens is 3. The maximum absolute atomic E-state index is 13.1. The number of carbonyl (C=O) groups excluding carboxylic acids is 1. The first kappa shape index (κ1) is 12.2. The Morgan fingerprint density at radius 2 is 1.93 bits per heavy atom. The average molecular weight is 272 g/mol. The molecule has 0 aliphatic rings. The maximum atomic E-state index is 13.1. The monoisotopic (exact) mass is 271 g/mol.